The summed E-state index contributed by atoms with van der Waals surface area (Å²) in [5, 5.41) is 0. The minimum absolute atomic E-state index is 0. The number of quaternary nitrogens is 1. The molecule has 0 radical (unpaired) electrons. The van der Waals surface area contributed by atoms with Crippen molar-refractivity contribution in [2.75, 3.05) is 34.2 Å². The first-order valence-corrected chi connectivity index (χ1v) is 4.66. The number of carbonyl (C=O) groups excluding carboxylic acids is 1. The van der Waals surface area contributed by atoms with E-state index >= 15 is 0 Å². The summed E-state index contributed by atoms with van der Waals surface area (Å²) in [6.45, 7) is 6.84. The molecule has 0 heterocycles. The van der Waals surface area contributed by atoms with Crippen molar-refractivity contribution in [1.29, 1.82) is 0 Å². The molecule has 0 bridgehead atoms. The Kier molecular flexibility index (Phi) is 13.2. The molecule has 0 spiro atoms. The van der Waals surface area contributed by atoms with Crippen molar-refractivity contribution in [1.82, 2.24) is 0 Å². The van der Waals surface area contributed by atoms with Gasteiger partial charge in [-0.05, 0) is 13.5 Å². The van der Waals surface area contributed by atoms with E-state index in [1.54, 1.807) is 6.92 Å². The number of carbonyl (C=O) groups is 1. The molecular formula is C10H24ClN3O. The maximum Gasteiger partial charge on any atom is 0.243 e. The standard InChI is InChI=1S/C6H17N2.C4H7NO.ClH/c1-8(2,3)6-4-5-7;1-3(2)4(5)6;/h4-7H2,1-3H3;1H2,2H3,(H2,5,6);1H/q+1;;/p-1. The lowest BCUT2D eigenvalue weighted by atomic mass is 10.3. The van der Waals surface area contributed by atoms with Gasteiger partial charge >= 0.3 is 0 Å². The van der Waals surface area contributed by atoms with Gasteiger partial charge in [-0.25, -0.2) is 0 Å². The molecule has 4 N–H and O–H groups in total. The van der Waals surface area contributed by atoms with Crippen LogP contribution in [0.25, 0.3) is 0 Å². The Labute approximate surface area is 99.3 Å². The molecule has 0 saturated heterocycles. The highest BCUT2D eigenvalue weighted by Crippen LogP contribution is 1.90. The molecule has 0 aliphatic heterocycles. The van der Waals surface area contributed by atoms with E-state index in [0.717, 1.165) is 17.4 Å². The summed E-state index contributed by atoms with van der Waals surface area (Å²) in [4.78, 5) is 9.82. The fourth-order valence-electron chi connectivity index (χ4n) is 0.566. The van der Waals surface area contributed by atoms with Gasteiger partial charge in [-0.3, -0.25) is 4.79 Å². The second-order valence-electron chi connectivity index (χ2n) is 4.30. The van der Waals surface area contributed by atoms with Gasteiger partial charge in [0, 0.05) is 12.0 Å². The normalized spacial score (nSPS) is 9.40. The summed E-state index contributed by atoms with van der Waals surface area (Å²) in [6, 6.07) is 0. The smallest absolute Gasteiger partial charge is 0.243 e. The van der Waals surface area contributed by atoms with Gasteiger partial charge in [0.25, 0.3) is 0 Å². The SMILES string of the molecule is C=C(C)C(N)=O.C[N+](C)(C)CCCN.[Cl-]. The van der Waals surface area contributed by atoms with Gasteiger partial charge in [-0.15, -0.1) is 0 Å². The molecule has 0 atom stereocenters. The van der Waals surface area contributed by atoms with Gasteiger partial charge < -0.3 is 28.4 Å². The monoisotopic (exact) mass is 237 g/mol. The fraction of sp³-hybridized carbons (Fsp3) is 0.700. The Balaban J connectivity index is -0.000000187. The van der Waals surface area contributed by atoms with Crippen molar-refractivity contribution >= 4 is 5.91 Å². The van der Waals surface area contributed by atoms with Crippen molar-refractivity contribution in [3.05, 3.63) is 12.2 Å². The lowest BCUT2D eigenvalue weighted by molar-refractivity contribution is -0.870. The van der Waals surface area contributed by atoms with Crippen LogP contribution in [0.5, 0.6) is 0 Å². The Hall–Kier alpha value is -0.580. The number of hydrogen-bond donors (Lipinski definition) is 2. The maximum atomic E-state index is 9.82. The van der Waals surface area contributed by atoms with Gasteiger partial charge in [-0.2, -0.15) is 0 Å². The van der Waals surface area contributed by atoms with Crippen LogP contribution in [0, 0.1) is 0 Å². The van der Waals surface area contributed by atoms with Crippen LogP contribution in [0.3, 0.4) is 0 Å². The summed E-state index contributed by atoms with van der Waals surface area (Å²) in [6.07, 6.45) is 1.13. The number of halogens is 1. The minimum atomic E-state index is -0.435. The van der Waals surface area contributed by atoms with Crippen LogP contribution in [-0.4, -0.2) is 44.6 Å². The molecule has 5 heteroatoms. The third-order valence-electron chi connectivity index (χ3n) is 1.45. The highest BCUT2D eigenvalue weighted by molar-refractivity contribution is 5.90. The largest absolute Gasteiger partial charge is 1.00 e. The summed E-state index contributed by atoms with van der Waals surface area (Å²) < 4.78 is 1.02. The lowest BCUT2D eigenvalue weighted by Gasteiger charge is -2.23. The predicted octanol–water partition coefficient (Wildman–Crippen LogP) is -2.91. The fourth-order valence-corrected chi connectivity index (χ4v) is 0.566. The second-order valence-corrected chi connectivity index (χ2v) is 4.30. The number of primary amides is 1. The quantitative estimate of drug-likeness (QED) is 0.407. The van der Waals surface area contributed by atoms with Crippen molar-refractivity contribution in [3.8, 4) is 0 Å². The molecule has 1 amide bonds. The zero-order valence-electron chi connectivity index (χ0n) is 10.2. The first-order valence-electron chi connectivity index (χ1n) is 4.66. The third-order valence-corrected chi connectivity index (χ3v) is 1.45. The molecular weight excluding hydrogens is 214 g/mol. The van der Waals surface area contributed by atoms with Gasteiger partial charge in [0.2, 0.25) is 5.91 Å². The van der Waals surface area contributed by atoms with Crippen molar-refractivity contribution in [2.24, 2.45) is 11.5 Å². The van der Waals surface area contributed by atoms with Crippen LogP contribution in [0.15, 0.2) is 12.2 Å². The molecule has 15 heavy (non-hydrogen) atoms. The maximum absolute atomic E-state index is 9.82. The molecule has 0 aromatic rings. The third kappa shape index (κ3) is 24.7. The number of hydrogen-bond acceptors (Lipinski definition) is 2. The average molecular weight is 238 g/mol. The van der Waals surface area contributed by atoms with E-state index in [1.165, 1.54) is 6.54 Å². The highest BCUT2D eigenvalue weighted by atomic mass is 35.5. The van der Waals surface area contributed by atoms with Crippen molar-refractivity contribution in [2.45, 2.75) is 13.3 Å². The van der Waals surface area contributed by atoms with E-state index in [4.69, 9.17) is 11.5 Å². The van der Waals surface area contributed by atoms with Crippen LogP contribution >= 0.6 is 0 Å². The van der Waals surface area contributed by atoms with E-state index in [1.807, 2.05) is 0 Å². The number of nitrogens with zero attached hydrogens (tertiary/aromatic N) is 1. The van der Waals surface area contributed by atoms with Gasteiger partial charge in [0.15, 0.2) is 0 Å². The van der Waals surface area contributed by atoms with Crippen LogP contribution in [0.2, 0.25) is 0 Å². The second kappa shape index (κ2) is 9.96. The van der Waals surface area contributed by atoms with Crippen LogP contribution in [-0.2, 0) is 4.79 Å². The van der Waals surface area contributed by atoms with Crippen LogP contribution in [0.4, 0.5) is 0 Å². The van der Waals surface area contributed by atoms with E-state index < -0.39 is 5.91 Å². The molecule has 0 aliphatic rings. The molecule has 4 nitrogen and oxygen atoms in total. The highest BCUT2D eigenvalue weighted by Gasteiger charge is 2.03. The van der Waals surface area contributed by atoms with Gasteiger partial charge in [0.1, 0.15) is 0 Å². The number of rotatable bonds is 4. The summed E-state index contributed by atoms with van der Waals surface area (Å²) >= 11 is 0. The molecule has 92 valence electrons. The summed E-state index contributed by atoms with van der Waals surface area (Å²) in [7, 11) is 6.53. The first kappa shape index (κ1) is 19.9. The molecule has 0 saturated carbocycles. The zero-order valence-corrected chi connectivity index (χ0v) is 11.0. The zero-order chi connectivity index (χ0) is 11.8. The Morgan fingerprint density at radius 3 is 1.73 bits per heavy atom. The summed E-state index contributed by atoms with van der Waals surface area (Å²) in [5.41, 5.74) is 10.4. The van der Waals surface area contributed by atoms with Gasteiger partial charge in [-0.1, -0.05) is 6.58 Å². The predicted molar refractivity (Wildman–Crippen MR) is 60.6 cm³/mol. The molecule has 0 aromatic carbocycles. The Bertz CT molecular complexity index is 176. The van der Waals surface area contributed by atoms with E-state index in [-0.39, 0.29) is 12.4 Å². The average Bonchev–Trinajstić information content (AvgIpc) is 2.00. The molecule has 0 aliphatic carbocycles. The first-order chi connectivity index (χ1) is 6.20. The Morgan fingerprint density at radius 1 is 1.33 bits per heavy atom. The van der Waals surface area contributed by atoms with E-state index in [0.29, 0.717) is 5.57 Å². The van der Waals surface area contributed by atoms with E-state index in [2.05, 4.69) is 27.7 Å². The lowest BCUT2D eigenvalue weighted by Crippen LogP contribution is -3.00. The molecule has 0 fully saturated rings. The molecule has 0 rings (SSSR count). The molecule has 0 aromatic heterocycles. The van der Waals surface area contributed by atoms with Crippen molar-refractivity contribution in [3.63, 3.8) is 0 Å². The number of amides is 1. The number of nitrogens with two attached hydrogens (primary N) is 2. The molecule has 0 unspecified atom stereocenters. The van der Waals surface area contributed by atoms with Crippen LogP contribution < -0.4 is 23.9 Å². The van der Waals surface area contributed by atoms with E-state index in [9.17, 15) is 4.79 Å². The summed E-state index contributed by atoms with van der Waals surface area (Å²) in [5.74, 6) is -0.435. The van der Waals surface area contributed by atoms with Crippen LogP contribution in [0.1, 0.15) is 13.3 Å². The van der Waals surface area contributed by atoms with Gasteiger partial charge in [0.05, 0.1) is 27.7 Å². The topological polar surface area (TPSA) is 69.1 Å². The minimum Gasteiger partial charge on any atom is -1.00 e. The van der Waals surface area contributed by atoms with Crippen molar-refractivity contribution < 1.29 is 21.7 Å². The Morgan fingerprint density at radius 2 is 1.67 bits per heavy atom.